The van der Waals surface area contributed by atoms with Crippen LogP contribution in [0.25, 0.3) is 0 Å². The fraction of sp³-hybridized carbons (Fsp3) is 0.556. The topological polar surface area (TPSA) is 125 Å². The molecule has 0 aromatic rings. The summed E-state index contributed by atoms with van der Waals surface area (Å²) in [6, 6.07) is -0.884. The molecule has 0 rings (SSSR count). The molecule has 0 spiro atoms. The van der Waals surface area contributed by atoms with E-state index in [0.717, 1.165) is 0 Å². The quantitative estimate of drug-likeness (QED) is 0.336. The Morgan fingerprint density at radius 3 is 2.22 bits per heavy atom. The number of rotatable bonds is 7. The maximum absolute atomic E-state index is 11.3. The van der Waals surface area contributed by atoms with Crippen molar-refractivity contribution in [2.45, 2.75) is 13.0 Å². The van der Waals surface area contributed by atoms with Gasteiger partial charge >= 0.3 is 5.97 Å². The Morgan fingerprint density at radius 1 is 1.11 bits per heavy atom. The highest BCUT2D eigenvalue weighted by Gasteiger charge is 2.16. The van der Waals surface area contributed by atoms with E-state index in [1.165, 1.54) is 6.92 Å². The summed E-state index contributed by atoms with van der Waals surface area (Å²) in [5.41, 5.74) is 0. The number of carbonyl (C=O) groups is 4. The predicted octanol–water partition coefficient (Wildman–Crippen LogP) is -2.26. The molecule has 1 atom stereocenters. The zero-order valence-corrected chi connectivity index (χ0v) is 10.6. The summed E-state index contributed by atoms with van der Waals surface area (Å²) in [6.07, 6.45) is 0. The van der Waals surface area contributed by atoms with Crippen LogP contribution in [0, 0.1) is 0 Å². The molecule has 0 aliphatic heterocycles. The highest BCUT2D eigenvalue weighted by atomic mass is 32.1. The van der Waals surface area contributed by atoms with E-state index in [2.05, 4.69) is 28.6 Å². The fourth-order valence-electron chi connectivity index (χ4n) is 0.909. The minimum Gasteiger partial charge on any atom is -0.480 e. The van der Waals surface area contributed by atoms with E-state index >= 15 is 0 Å². The SMILES string of the molecule is C[C@H](NC(=O)CNC(=O)CS)C(=O)NCC(=O)O. The first kappa shape index (κ1) is 16.2. The summed E-state index contributed by atoms with van der Waals surface area (Å²) in [5.74, 6) is -2.80. The second-order valence-corrected chi connectivity index (χ2v) is 3.65. The lowest BCUT2D eigenvalue weighted by atomic mass is 10.3. The number of hydrogen-bond acceptors (Lipinski definition) is 5. The van der Waals surface area contributed by atoms with Gasteiger partial charge < -0.3 is 21.1 Å². The number of amides is 3. The van der Waals surface area contributed by atoms with Crippen molar-refractivity contribution in [1.82, 2.24) is 16.0 Å². The molecule has 0 bridgehead atoms. The second-order valence-electron chi connectivity index (χ2n) is 3.34. The molecule has 0 aliphatic carbocycles. The van der Waals surface area contributed by atoms with E-state index in [-0.39, 0.29) is 12.3 Å². The number of aliphatic carboxylic acids is 1. The van der Waals surface area contributed by atoms with Crippen LogP contribution in [0.2, 0.25) is 0 Å². The molecule has 0 radical (unpaired) electrons. The Morgan fingerprint density at radius 2 is 1.72 bits per heavy atom. The van der Waals surface area contributed by atoms with Crippen molar-refractivity contribution in [3.8, 4) is 0 Å². The first-order valence-corrected chi connectivity index (χ1v) is 5.66. The van der Waals surface area contributed by atoms with Gasteiger partial charge in [-0.3, -0.25) is 19.2 Å². The Balaban J connectivity index is 3.95. The monoisotopic (exact) mass is 277 g/mol. The average Bonchev–Trinajstić information content (AvgIpc) is 2.32. The molecule has 0 saturated carbocycles. The third-order valence-electron chi connectivity index (χ3n) is 1.77. The molecule has 3 amide bonds. The van der Waals surface area contributed by atoms with Crippen LogP contribution in [-0.4, -0.2) is 53.7 Å². The fourth-order valence-corrected chi connectivity index (χ4v) is 1.02. The maximum atomic E-state index is 11.3. The van der Waals surface area contributed by atoms with E-state index in [4.69, 9.17) is 5.11 Å². The third-order valence-corrected chi connectivity index (χ3v) is 2.06. The molecule has 0 fully saturated rings. The van der Waals surface area contributed by atoms with E-state index in [1.54, 1.807) is 0 Å². The molecule has 18 heavy (non-hydrogen) atoms. The molecular formula is C9H15N3O5S. The van der Waals surface area contributed by atoms with Gasteiger partial charge in [-0.15, -0.1) is 0 Å². The Kier molecular flexibility index (Phi) is 7.52. The van der Waals surface area contributed by atoms with Crippen LogP contribution in [0.15, 0.2) is 0 Å². The van der Waals surface area contributed by atoms with Crippen LogP contribution in [0.3, 0.4) is 0 Å². The first-order chi connectivity index (χ1) is 8.36. The number of hydrogen-bond donors (Lipinski definition) is 5. The predicted molar refractivity (Wildman–Crippen MR) is 65.1 cm³/mol. The minimum atomic E-state index is -1.18. The van der Waals surface area contributed by atoms with Crippen LogP contribution in [0.1, 0.15) is 6.92 Å². The van der Waals surface area contributed by atoms with Crippen molar-refractivity contribution >= 4 is 36.3 Å². The standard InChI is InChI=1S/C9H15N3O5S/c1-5(9(17)11-3-8(15)16)12-6(13)2-10-7(14)4-18/h5,18H,2-4H2,1H3,(H,10,14)(H,11,17)(H,12,13)(H,15,16)/t5-/m0/s1. The van der Waals surface area contributed by atoms with Crippen molar-refractivity contribution in [1.29, 1.82) is 0 Å². The van der Waals surface area contributed by atoms with Gasteiger partial charge in [0.1, 0.15) is 12.6 Å². The second kappa shape index (κ2) is 8.34. The molecule has 4 N–H and O–H groups in total. The van der Waals surface area contributed by atoms with Crippen LogP contribution in [0.5, 0.6) is 0 Å². The maximum Gasteiger partial charge on any atom is 0.322 e. The van der Waals surface area contributed by atoms with Gasteiger partial charge in [-0.2, -0.15) is 12.6 Å². The van der Waals surface area contributed by atoms with E-state index in [0.29, 0.717) is 0 Å². The number of nitrogens with one attached hydrogen (secondary N) is 3. The van der Waals surface area contributed by atoms with Crippen LogP contribution in [-0.2, 0) is 19.2 Å². The van der Waals surface area contributed by atoms with Gasteiger partial charge in [0, 0.05) is 0 Å². The molecule has 0 unspecified atom stereocenters. The lowest BCUT2D eigenvalue weighted by molar-refractivity contribution is -0.138. The average molecular weight is 277 g/mol. The van der Waals surface area contributed by atoms with Gasteiger partial charge in [0.25, 0.3) is 0 Å². The van der Waals surface area contributed by atoms with Crippen molar-refractivity contribution in [3.63, 3.8) is 0 Å². The summed E-state index contributed by atoms with van der Waals surface area (Å²) in [6.45, 7) is 0.612. The van der Waals surface area contributed by atoms with Crippen LogP contribution < -0.4 is 16.0 Å². The number of thiol groups is 1. The summed E-state index contributed by atoms with van der Waals surface area (Å²) in [4.78, 5) is 43.6. The molecule has 0 aromatic carbocycles. The molecule has 0 heterocycles. The summed E-state index contributed by atoms with van der Waals surface area (Å²) in [5, 5.41) is 15.0. The zero-order chi connectivity index (χ0) is 14.1. The lowest BCUT2D eigenvalue weighted by Gasteiger charge is -2.13. The van der Waals surface area contributed by atoms with Gasteiger partial charge in [-0.25, -0.2) is 0 Å². The van der Waals surface area contributed by atoms with Gasteiger partial charge in [0.2, 0.25) is 17.7 Å². The van der Waals surface area contributed by atoms with Gasteiger partial charge in [0.05, 0.1) is 12.3 Å². The highest BCUT2D eigenvalue weighted by Crippen LogP contribution is 1.82. The molecule has 0 aromatic heterocycles. The zero-order valence-electron chi connectivity index (χ0n) is 9.73. The van der Waals surface area contributed by atoms with Crippen LogP contribution >= 0.6 is 12.6 Å². The number of carbonyl (C=O) groups excluding carboxylic acids is 3. The molecule has 9 heteroatoms. The molecule has 8 nitrogen and oxygen atoms in total. The van der Waals surface area contributed by atoms with Gasteiger partial charge in [-0.05, 0) is 6.92 Å². The summed E-state index contributed by atoms with van der Waals surface area (Å²) in [7, 11) is 0. The van der Waals surface area contributed by atoms with Gasteiger partial charge in [-0.1, -0.05) is 0 Å². The van der Waals surface area contributed by atoms with Crippen molar-refractivity contribution < 1.29 is 24.3 Å². The van der Waals surface area contributed by atoms with Crippen LogP contribution in [0.4, 0.5) is 0 Å². The van der Waals surface area contributed by atoms with E-state index in [9.17, 15) is 19.2 Å². The highest BCUT2D eigenvalue weighted by molar-refractivity contribution is 7.81. The molecule has 0 saturated heterocycles. The normalized spacial score (nSPS) is 11.2. The van der Waals surface area contributed by atoms with Crippen molar-refractivity contribution in [2.24, 2.45) is 0 Å². The lowest BCUT2D eigenvalue weighted by Crippen LogP contribution is -2.48. The number of carboxylic acid groups (broad SMARTS) is 1. The minimum absolute atomic E-state index is 0.0398. The first-order valence-electron chi connectivity index (χ1n) is 5.03. The Hall–Kier alpha value is -1.77. The molecule has 0 aliphatic rings. The molecule has 102 valence electrons. The van der Waals surface area contributed by atoms with Crippen molar-refractivity contribution in [2.75, 3.05) is 18.8 Å². The Bertz CT molecular complexity index is 347. The van der Waals surface area contributed by atoms with Crippen molar-refractivity contribution in [3.05, 3.63) is 0 Å². The van der Waals surface area contributed by atoms with E-state index in [1.807, 2.05) is 0 Å². The van der Waals surface area contributed by atoms with E-state index < -0.39 is 36.3 Å². The Labute approximate surface area is 109 Å². The largest absolute Gasteiger partial charge is 0.480 e. The third kappa shape index (κ3) is 7.49. The smallest absolute Gasteiger partial charge is 0.322 e. The summed E-state index contributed by atoms with van der Waals surface area (Å²) < 4.78 is 0. The van der Waals surface area contributed by atoms with Gasteiger partial charge in [0.15, 0.2) is 0 Å². The summed E-state index contributed by atoms with van der Waals surface area (Å²) >= 11 is 3.70. The number of carboxylic acids is 1. The molecular weight excluding hydrogens is 262 g/mol.